The predicted octanol–water partition coefficient (Wildman–Crippen LogP) is 3.02. The number of hydrogen-bond donors (Lipinski definition) is 1. The van der Waals surface area contributed by atoms with Crippen LogP contribution >= 0.6 is 0 Å². The van der Waals surface area contributed by atoms with Gasteiger partial charge in [0.1, 0.15) is 11.6 Å². The summed E-state index contributed by atoms with van der Waals surface area (Å²) in [5.41, 5.74) is 2.17. The van der Waals surface area contributed by atoms with Gasteiger partial charge in [-0.25, -0.2) is 4.79 Å². The van der Waals surface area contributed by atoms with Crippen LogP contribution < -0.4 is 0 Å². The Kier molecular flexibility index (Phi) is 3.42. The van der Waals surface area contributed by atoms with Gasteiger partial charge in [-0.2, -0.15) is 5.26 Å². The fourth-order valence-electron chi connectivity index (χ4n) is 2.33. The number of aromatic nitrogens is 2. The molecule has 106 valence electrons. The first-order valence-electron chi connectivity index (χ1n) is 6.56. The Hall–Kier alpha value is -3.39. The Bertz CT molecular complexity index is 918. The van der Waals surface area contributed by atoms with Crippen molar-refractivity contribution in [2.24, 2.45) is 0 Å². The van der Waals surface area contributed by atoms with Gasteiger partial charge in [0.05, 0.1) is 17.4 Å². The fraction of sp³-hybridized carbons (Fsp3) is 0. The first-order chi connectivity index (χ1) is 10.7. The molecule has 0 radical (unpaired) electrons. The molecule has 0 bridgehead atoms. The van der Waals surface area contributed by atoms with Crippen LogP contribution in [0, 0.1) is 11.3 Å². The molecule has 0 spiro atoms. The fourth-order valence-corrected chi connectivity index (χ4v) is 2.33. The number of hydrogen-bond acceptors (Lipinski definition) is 3. The average Bonchev–Trinajstić information content (AvgIpc) is 2.92. The summed E-state index contributed by atoms with van der Waals surface area (Å²) >= 11 is 0. The van der Waals surface area contributed by atoms with Gasteiger partial charge < -0.3 is 9.67 Å². The lowest BCUT2D eigenvalue weighted by Crippen LogP contribution is -1.97. The van der Waals surface area contributed by atoms with E-state index in [1.165, 1.54) is 6.08 Å². The van der Waals surface area contributed by atoms with E-state index in [9.17, 15) is 4.79 Å². The van der Waals surface area contributed by atoms with Crippen molar-refractivity contribution < 1.29 is 9.90 Å². The summed E-state index contributed by atoms with van der Waals surface area (Å²) in [7, 11) is 0. The van der Waals surface area contributed by atoms with Gasteiger partial charge in [-0.15, -0.1) is 0 Å². The molecule has 0 atom stereocenters. The summed E-state index contributed by atoms with van der Waals surface area (Å²) in [4.78, 5) is 15.1. The summed E-state index contributed by atoms with van der Waals surface area (Å²) in [5.74, 6) is -1.24. The van der Waals surface area contributed by atoms with Gasteiger partial charge in [-0.05, 0) is 24.3 Å². The maximum Gasteiger partial charge on any atom is 0.346 e. The second-order valence-corrected chi connectivity index (χ2v) is 4.66. The van der Waals surface area contributed by atoms with E-state index in [1.807, 2.05) is 47.2 Å². The van der Waals surface area contributed by atoms with Crippen LogP contribution in [0.5, 0.6) is 0 Å². The predicted molar refractivity (Wildman–Crippen MR) is 82.3 cm³/mol. The average molecular weight is 289 g/mol. The molecule has 2 aromatic heterocycles. The van der Waals surface area contributed by atoms with Crippen molar-refractivity contribution in [3.63, 3.8) is 0 Å². The van der Waals surface area contributed by atoms with Gasteiger partial charge in [0, 0.05) is 23.3 Å². The normalized spacial score (nSPS) is 11.3. The Morgan fingerprint density at radius 3 is 2.77 bits per heavy atom. The smallest absolute Gasteiger partial charge is 0.346 e. The number of nitrogens with zero attached hydrogens (tertiary/aromatic N) is 3. The van der Waals surface area contributed by atoms with Gasteiger partial charge in [-0.1, -0.05) is 18.2 Å². The SMILES string of the molecule is N#C/C(=C\c1cn(-c2cccnc2)c2ccccc12)C(=O)O. The lowest BCUT2D eigenvalue weighted by Gasteiger charge is -2.03. The van der Waals surface area contributed by atoms with Crippen molar-refractivity contribution in [3.05, 3.63) is 66.1 Å². The molecule has 1 N–H and O–H groups in total. The molecule has 0 unspecified atom stereocenters. The molecule has 0 amide bonds. The molecule has 3 aromatic rings. The maximum absolute atomic E-state index is 11.0. The highest BCUT2D eigenvalue weighted by Crippen LogP contribution is 2.26. The highest BCUT2D eigenvalue weighted by Gasteiger charge is 2.11. The van der Waals surface area contributed by atoms with E-state index < -0.39 is 5.97 Å². The van der Waals surface area contributed by atoms with E-state index in [0.29, 0.717) is 5.56 Å². The zero-order chi connectivity index (χ0) is 15.5. The molecule has 0 fully saturated rings. The minimum Gasteiger partial charge on any atom is -0.477 e. The van der Waals surface area contributed by atoms with E-state index in [2.05, 4.69) is 4.98 Å². The number of carboxylic acid groups (broad SMARTS) is 1. The standard InChI is InChI=1S/C17H11N3O2/c18-9-12(17(21)22)8-13-11-20(14-4-3-7-19-10-14)16-6-2-1-5-15(13)16/h1-8,10-11H,(H,21,22)/b12-8+. The van der Waals surface area contributed by atoms with E-state index >= 15 is 0 Å². The minimum atomic E-state index is -1.24. The number of nitriles is 1. The lowest BCUT2D eigenvalue weighted by molar-refractivity contribution is -0.132. The van der Waals surface area contributed by atoms with Crippen molar-refractivity contribution in [1.82, 2.24) is 9.55 Å². The van der Waals surface area contributed by atoms with E-state index in [-0.39, 0.29) is 5.57 Å². The highest BCUT2D eigenvalue weighted by atomic mass is 16.4. The van der Waals surface area contributed by atoms with Crippen molar-refractivity contribution in [2.75, 3.05) is 0 Å². The molecule has 0 aliphatic rings. The Labute approximate surface area is 126 Å². The summed E-state index contributed by atoms with van der Waals surface area (Å²) in [5, 5.41) is 18.8. The molecule has 5 heteroatoms. The van der Waals surface area contributed by atoms with E-state index in [0.717, 1.165) is 16.6 Å². The van der Waals surface area contributed by atoms with Crippen LogP contribution in [0.25, 0.3) is 22.7 Å². The third-order valence-electron chi connectivity index (χ3n) is 3.32. The topological polar surface area (TPSA) is 78.9 Å². The van der Waals surface area contributed by atoms with Crippen molar-refractivity contribution in [3.8, 4) is 11.8 Å². The molecule has 1 aromatic carbocycles. The molecule has 0 aliphatic carbocycles. The molecule has 2 heterocycles. The molecular formula is C17H11N3O2. The van der Waals surface area contributed by atoms with Crippen LogP contribution in [-0.4, -0.2) is 20.6 Å². The minimum absolute atomic E-state index is 0.297. The summed E-state index contributed by atoms with van der Waals surface area (Å²) in [6.07, 6.45) is 6.61. The largest absolute Gasteiger partial charge is 0.477 e. The second-order valence-electron chi connectivity index (χ2n) is 4.66. The van der Waals surface area contributed by atoms with Gasteiger partial charge in [0.25, 0.3) is 0 Å². The van der Waals surface area contributed by atoms with Crippen LogP contribution in [0.2, 0.25) is 0 Å². The number of rotatable bonds is 3. The zero-order valence-electron chi connectivity index (χ0n) is 11.5. The van der Waals surface area contributed by atoms with Crippen LogP contribution in [0.4, 0.5) is 0 Å². The third kappa shape index (κ3) is 2.34. The maximum atomic E-state index is 11.0. The molecule has 0 saturated carbocycles. The summed E-state index contributed by atoms with van der Waals surface area (Å²) in [6.45, 7) is 0. The van der Waals surface area contributed by atoms with Crippen LogP contribution in [0.3, 0.4) is 0 Å². The number of fused-ring (bicyclic) bond motifs is 1. The Morgan fingerprint density at radius 1 is 1.27 bits per heavy atom. The zero-order valence-corrected chi connectivity index (χ0v) is 11.5. The lowest BCUT2D eigenvalue weighted by atomic mass is 10.1. The van der Waals surface area contributed by atoms with Gasteiger partial charge in [0.2, 0.25) is 0 Å². The number of pyridine rings is 1. The van der Waals surface area contributed by atoms with Crippen molar-refractivity contribution in [1.29, 1.82) is 5.26 Å². The summed E-state index contributed by atoms with van der Waals surface area (Å²) in [6, 6.07) is 13.1. The van der Waals surface area contributed by atoms with Gasteiger partial charge in [-0.3, -0.25) is 4.98 Å². The van der Waals surface area contributed by atoms with Crippen molar-refractivity contribution >= 4 is 22.9 Å². The molecule has 5 nitrogen and oxygen atoms in total. The molecule has 0 aliphatic heterocycles. The van der Waals surface area contributed by atoms with Crippen molar-refractivity contribution in [2.45, 2.75) is 0 Å². The number of aliphatic carboxylic acids is 1. The van der Waals surface area contributed by atoms with Crippen LogP contribution in [0.1, 0.15) is 5.56 Å². The quantitative estimate of drug-likeness (QED) is 0.593. The van der Waals surface area contributed by atoms with E-state index in [4.69, 9.17) is 10.4 Å². The van der Waals surface area contributed by atoms with Crippen LogP contribution in [0.15, 0.2) is 60.6 Å². The molecular weight excluding hydrogens is 278 g/mol. The number of para-hydroxylation sites is 1. The van der Waals surface area contributed by atoms with Gasteiger partial charge >= 0.3 is 5.97 Å². The third-order valence-corrected chi connectivity index (χ3v) is 3.32. The Balaban J connectivity index is 2.26. The molecule has 0 saturated heterocycles. The second kappa shape index (κ2) is 5.54. The molecule has 22 heavy (non-hydrogen) atoms. The van der Waals surface area contributed by atoms with Gasteiger partial charge in [0.15, 0.2) is 0 Å². The van der Waals surface area contributed by atoms with Crippen LogP contribution in [-0.2, 0) is 4.79 Å². The Morgan fingerprint density at radius 2 is 2.09 bits per heavy atom. The van der Waals surface area contributed by atoms with E-state index in [1.54, 1.807) is 18.5 Å². The monoisotopic (exact) mass is 289 g/mol. The number of benzene rings is 1. The summed E-state index contributed by atoms with van der Waals surface area (Å²) < 4.78 is 1.92. The highest BCUT2D eigenvalue weighted by molar-refractivity contribution is 6.00. The number of carboxylic acids is 1. The number of carbonyl (C=O) groups is 1. The first kappa shape index (κ1) is 13.6. The molecule has 3 rings (SSSR count). The first-order valence-corrected chi connectivity index (χ1v) is 6.56.